The fraction of sp³-hybridized carbons (Fsp3) is 0.933. The Morgan fingerprint density at radius 2 is 0.788 bits per heavy atom. The molecule has 0 aromatic rings. The van der Waals surface area contributed by atoms with Crippen LogP contribution in [-0.2, 0) is 14.9 Å². The van der Waals surface area contributed by atoms with Crippen LogP contribution in [0.2, 0.25) is 0 Å². The normalized spacial score (nSPS) is 13.2. The molecule has 0 saturated heterocycles. The van der Waals surface area contributed by atoms with E-state index in [1.807, 2.05) is 6.08 Å². The molecule has 0 saturated carbocycles. The Kier molecular flexibility index (Phi) is 39.1. The Morgan fingerprint density at radius 3 is 1.10 bits per heavy atom. The van der Waals surface area contributed by atoms with Gasteiger partial charge in [-0.1, -0.05) is 238 Å². The molecule has 2 atom stereocenters. The Morgan fingerprint density at radius 1 is 0.500 bits per heavy atom. The molecule has 0 aliphatic rings. The van der Waals surface area contributed by atoms with E-state index < -0.39 is 28.0 Å². The Hall–Kier alpha value is -0.920. The number of aliphatic hydroxyl groups is 1. The number of carbonyl (C=O) groups excluding carboxylic acids is 1. The maximum atomic E-state index is 12.5. The first-order chi connectivity index (χ1) is 25.3. The highest BCUT2D eigenvalue weighted by Gasteiger charge is 2.24. The van der Waals surface area contributed by atoms with Crippen molar-refractivity contribution in [2.75, 3.05) is 5.75 Å². The molecule has 0 aliphatic carbocycles. The number of allylic oxidation sites excluding steroid dienone is 1. The largest absolute Gasteiger partial charge is 0.387 e. The minimum atomic E-state index is -4.34. The van der Waals surface area contributed by atoms with Gasteiger partial charge in [0.25, 0.3) is 10.1 Å². The molecule has 0 aliphatic heterocycles. The lowest BCUT2D eigenvalue weighted by atomic mass is 10.0. The summed E-state index contributed by atoms with van der Waals surface area (Å²) < 4.78 is 32.6. The smallest absolute Gasteiger partial charge is 0.267 e. The highest BCUT2D eigenvalue weighted by Crippen LogP contribution is 2.16. The van der Waals surface area contributed by atoms with Crippen molar-refractivity contribution in [3.05, 3.63) is 12.2 Å². The van der Waals surface area contributed by atoms with Crippen LogP contribution in [0.25, 0.3) is 0 Å². The molecule has 3 N–H and O–H groups in total. The van der Waals surface area contributed by atoms with Crippen molar-refractivity contribution >= 4 is 16.0 Å². The topological polar surface area (TPSA) is 104 Å². The quantitative estimate of drug-likeness (QED) is 0.0327. The zero-order chi connectivity index (χ0) is 38.2. The lowest BCUT2D eigenvalue weighted by Crippen LogP contribution is -2.46. The molecule has 0 aromatic heterocycles. The van der Waals surface area contributed by atoms with Crippen molar-refractivity contribution in [3.8, 4) is 0 Å². The molecule has 7 heteroatoms. The van der Waals surface area contributed by atoms with Gasteiger partial charge in [0.2, 0.25) is 5.91 Å². The van der Waals surface area contributed by atoms with E-state index >= 15 is 0 Å². The predicted molar refractivity (Wildman–Crippen MR) is 226 cm³/mol. The Balaban J connectivity index is 3.80. The van der Waals surface area contributed by atoms with E-state index in [0.29, 0.717) is 6.42 Å². The summed E-state index contributed by atoms with van der Waals surface area (Å²) in [6.07, 6.45) is 49.2. The van der Waals surface area contributed by atoms with Gasteiger partial charge in [-0.25, -0.2) is 0 Å². The average molecular weight is 756 g/mol. The monoisotopic (exact) mass is 756 g/mol. The fourth-order valence-electron chi connectivity index (χ4n) is 7.28. The SMILES string of the molecule is CCCCCCCCCCCCCCCC/C=C/C(O)C(CS(=O)(=O)O)NC(=O)CCCCCCCCCCCCCCCCCCCCCCC. The number of carbonyl (C=O) groups is 1. The predicted octanol–water partition coefficient (Wildman–Crippen LogP) is 13.7. The molecule has 0 rings (SSSR count). The molecule has 0 heterocycles. The lowest BCUT2D eigenvalue weighted by molar-refractivity contribution is -0.122. The van der Waals surface area contributed by atoms with Crippen LogP contribution in [0.3, 0.4) is 0 Å². The van der Waals surface area contributed by atoms with Gasteiger partial charge in [-0.3, -0.25) is 9.35 Å². The van der Waals surface area contributed by atoms with Crippen LogP contribution < -0.4 is 5.32 Å². The number of hydrogen-bond donors (Lipinski definition) is 3. The van der Waals surface area contributed by atoms with Crippen LogP contribution >= 0.6 is 0 Å². The minimum absolute atomic E-state index is 0.272. The van der Waals surface area contributed by atoms with Gasteiger partial charge in [-0.05, 0) is 19.3 Å². The van der Waals surface area contributed by atoms with Crippen LogP contribution in [-0.4, -0.2) is 41.9 Å². The maximum absolute atomic E-state index is 12.5. The average Bonchev–Trinajstić information content (AvgIpc) is 3.11. The first kappa shape index (κ1) is 51.1. The first-order valence-electron chi connectivity index (χ1n) is 22.9. The molecule has 0 fully saturated rings. The number of rotatable bonds is 42. The maximum Gasteiger partial charge on any atom is 0.267 e. The third kappa shape index (κ3) is 40.3. The molecule has 6 nitrogen and oxygen atoms in total. The van der Waals surface area contributed by atoms with Crippen LogP contribution in [0.4, 0.5) is 0 Å². The second-order valence-corrected chi connectivity index (χ2v) is 17.5. The summed E-state index contributed by atoms with van der Waals surface area (Å²) >= 11 is 0. The summed E-state index contributed by atoms with van der Waals surface area (Å²) in [7, 11) is -4.34. The van der Waals surface area contributed by atoms with Crippen LogP contribution in [0.5, 0.6) is 0 Å². The number of nitrogens with one attached hydrogen (secondary N) is 1. The molecule has 2 unspecified atom stereocenters. The third-order valence-electron chi connectivity index (χ3n) is 10.7. The van der Waals surface area contributed by atoms with E-state index in [2.05, 4.69) is 19.2 Å². The molecule has 0 radical (unpaired) electrons. The highest BCUT2D eigenvalue weighted by molar-refractivity contribution is 7.85. The van der Waals surface area contributed by atoms with Gasteiger partial charge in [-0.2, -0.15) is 8.42 Å². The minimum Gasteiger partial charge on any atom is -0.387 e. The molecule has 0 aromatic carbocycles. The molecule has 0 bridgehead atoms. The van der Waals surface area contributed by atoms with Crippen LogP contribution in [0, 0.1) is 0 Å². The standard InChI is InChI=1S/C45H89NO5S/c1-3-5-7-9-11-13-15-17-19-21-22-23-24-25-27-29-31-33-35-37-39-41-45(48)46-43(42-52(49,50)51)44(47)40-38-36-34-32-30-28-26-20-18-16-14-12-10-8-6-4-2/h38,40,43-44,47H,3-37,39,41-42H2,1-2H3,(H,46,48)(H,49,50,51)/b40-38+. The summed E-state index contributed by atoms with van der Waals surface area (Å²) in [5, 5.41) is 13.3. The van der Waals surface area contributed by atoms with Crippen molar-refractivity contribution < 1.29 is 22.9 Å². The van der Waals surface area contributed by atoms with Gasteiger partial charge in [0, 0.05) is 6.42 Å². The Labute approximate surface area is 324 Å². The van der Waals surface area contributed by atoms with Gasteiger partial charge in [-0.15, -0.1) is 0 Å². The van der Waals surface area contributed by atoms with Crippen molar-refractivity contribution in [1.29, 1.82) is 0 Å². The molecular formula is C45H89NO5S. The fourth-order valence-corrected chi connectivity index (χ4v) is 8.01. The number of aliphatic hydroxyl groups excluding tert-OH is 1. The van der Waals surface area contributed by atoms with Gasteiger partial charge in [0.1, 0.15) is 0 Å². The number of amides is 1. The van der Waals surface area contributed by atoms with Crippen molar-refractivity contribution in [2.24, 2.45) is 0 Å². The lowest BCUT2D eigenvalue weighted by Gasteiger charge is -2.21. The zero-order valence-corrected chi connectivity index (χ0v) is 35.5. The summed E-state index contributed by atoms with van der Waals surface area (Å²) in [5.74, 6) is -0.964. The van der Waals surface area contributed by atoms with E-state index in [4.69, 9.17) is 0 Å². The Bertz CT molecular complexity index is 877. The van der Waals surface area contributed by atoms with E-state index in [0.717, 1.165) is 38.5 Å². The first-order valence-corrected chi connectivity index (χ1v) is 24.5. The van der Waals surface area contributed by atoms with Gasteiger partial charge < -0.3 is 10.4 Å². The van der Waals surface area contributed by atoms with E-state index in [-0.39, 0.29) is 5.91 Å². The third-order valence-corrected chi connectivity index (χ3v) is 11.5. The summed E-state index contributed by atoms with van der Waals surface area (Å²) in [4.78, 5) is 12.5. The van der Waals surface area contributed by atoms with E-state index in [9.17, 15) is 22.9 Å². The van der Waals surface area contributed by atoms with Crippen LogP contribution in [0.1, 0.15) is 251 Å². The van der Waals surface area contributed by atoms with Crippen molar-refractivity contribution in [2.45, 2.75) is 264 Å². The summed E-state index contributed by atoms with van der Waals surface area (Å²) in [5.41, 5.74) is 0. The van der Waals surface area contributed by atoms with Crippen LogP contribution in [0.15, 0.2) is 12.2 Å². The molecule has 52 heavy (non-hydrogen) atoms. The second-order valence-electron chi connectivity index (χ2n) is 16.0. The van der Waals surface area contributed by atoms with E-state index in [1.54, 1.807) is 6.08 Å². The summed E-state index contributed by atoms with van der Waals surface area (Å²) in [6.45, 7) is 4.54. The van der Waals surface area contributed by atoms with E-state index in [1.165, 1.54) is 193 Å². The zero-order valence-electron chi connectivity index (χ0n) is 34.7. The van der Waals surface area contributed by atoms with Crippen molar-refractivity contribution in [3.63, 3.8) is 0 Å². The van der Waals surface area contributed by atoms with Gasteiger partial charge in [0.05, 0.1) is 17.9 Å². The number of unbranched alkanes of at least 4 members (excludes halogenated alkanes) is 34. The molecule has 1 amide bonds. The highest BCUT2D eigenvalue weighted by atomic mass is 32.2. The van der Waals surface area contributed by atoms with Gasteiger partial charge >= 0.3 is 0 Å². The van der Waals surface area contributed by atoms with Crippen molar-refractivity contribution in [1.82, 2.24) is 5.32 Å². The molecule has 310 valence electrons. The number of hydrogen-bond acceptors (Lipinski definition) is 4. The van der Waals surface area contributed by atoms with Gasteiger partial charge in [0.15, 0.2) is 0 Å². The summed E-state index contributed by atoms with van der Waals surface area (Å²) in [6, 6.07) is -1.05. The molecule has 0 spiro atoms. The second kappa shape index (κ2) is 39.8. The molecular weight excluding hydrogens is 667 g/mol.